The van der Waals surface area contributed by atoms with Crippen molar-refractivity contribution in [3.63, 3.8) is 0 Å². The van der Waals surface area contributed by atoms with E-state index in [4.69, 9.17) is 47.4 Å². The standard InChI is InChI=1S/C35H66O19/c1-32(2,16-38)24(49-31-23(48-11-9-37)15-25(45-6)33(3,17-39)54-31)13-21(42)29(46-7)50-27-14-22(43)30(53-35(27,5)19-47-10-8-36)51-26-12-20(41)28(44)52-34(26,4)18-40/h20-31,36-44H,8-19H2,1-7H3/t20-,21-,22-,23-,24+,25+,26+,27+,28?,29?,30?,31?,33?,34?,35?/m0/s1. The number of aliphatic hydroxyl groups is 9. The van der Waals surface area contributed by atoms with Gasteiger partial charge in [-0.1, -0.05) is 13.8 Å². The summed E-state index contributed by atoms with van der Waals surface area (Å²) in [5.74, 6) is 0. The van der Waals surface area contributed by atoms with E-state index in [-0.39, 0.29) is 65.3 Å². The maximum Gasteiger partial charge on any atom is 0.185 e. The highest BCUT2D eigenvalue weighted by Gasteiger charge is 2.53. The minimum atomic E-state index is -1.56. The summed E-state index contributed by atoms with van der Waals surface area (Å²) < 4.78 is 59.4. The van der Waals surface area contributed by atoms with E-state index in [1.807, 2.05) is 0 Å². The monoisotopic (exact) mass is 790 g/mol. The molecule has 0 aromatic heterocycles. The summed E-state index contributed by atoms with van der Waals surface area (Å²) in [7, 11) is 2.79. The van der Waals surface area contributed by atoms with Gasteiger partial charge in [-0.15, -0.1) is 0 Å². The number of ether oxygens (including phenoxy) is 10. The van der Waals surface area contributed by atoms with E-state index in [9.17, 15) is 46.0 Å². The van der Waals surface area contributed by atoms with Gasteiger partial charge in [0.15, 0.2) is 25.2 Å². The van der Waals surface area contributed by atoms with E-state index in [2.05, 4.69) is 0 Å². The van der Waals surface area contributed by atoms with Crippen LogP contribution in [0.5, 0.6) is 0 Å². The molecular formula is C35H66O19. The first-order valence-corrected chi connectivity index (χ1v) is 18.4. The predicted molar refractivity (Wildman–Crippen MR) is 185 cm³/mol. The second-order valence-corrected chi connectivity index (χ2v) is 15.6. The van der Waals surface area contributed by atoms with Gasteiger partial charge >= 0.3 is 0 Å². The Labute approximate surface area is 316 Å². The number of methoxy groups -OCH3 is 2. The molecule has 15 atom stereocenters. The van der Waals surface area contributed by atoms with Crippen molar-refractivity contribution in [1.29, 1.82) is 0 Å². The zero-order valence-corrected chi connectivity index (χ0v) is 32.5. The van der Waals surface area contributed by atoms with Crippen LogP contribution in [0.1, 0.15) is 60.3 Å². The summed E-state index contributed by atoms with van der Waals surface area (Å²) in [5.41, 5.74) is -4.99. The lowest BCUT2D eigenvalue weighted by atomic mass is 9.83. The highest BCUT2D eigenvalue weighted by Crippen LogP contribution is 2.40. The molecule has 0 radical (unpaired) electrons. The van der Waals surface area contributed by atoms with Crippen LogP contribution in [0, 0.1) is 5.41 Å². The van der Waals surface area contributed by atoms with Crippen LogP contribution in [0.3, 0.4) is 0 Å². The van der Waals surface area contributed by atoms with E-state index in [0.29, 0.717) is 0 Å². The predicted octanol–water partition coefficient (Wildman–Crippen LogP) is -2.50. The summed E-state index contributed by atoms with van der Waals surface area (Å²) in [4.78, 5) is 0. The first kappa shape index (κ1) is 47.6. The quantitative estimate of drug-likeness (QED) is 0.0405. The molecule has 3 aliphatic rings. The molecule has 3 aliphatic heterocycles. The minimum absolute atomic E-state index is 0.0291. The SMILES string of the molecule is COC(O[C@@H]1C[C@H](O)C(O[C@@H]2C[C@H](O)C(O)OC2(C)CO)OC1(C)COCCO)[C@@H](O)C[C@@H](OC1OC(C)(CO)[C@H](OC)C[C@@H]1OCCO)C(C)(C)CO. The number of hydrogen-bond donors (Lipinski definition) is 9. The van der Waals surface area contributed by atoms with Gasteiger partial charge in [0.2, 0.25) is 0 Å². The second-order valence-electron chi connectivity index (χ2n) is 15.6. The number of rotatable bonds is 22. The maximum atomic E-state index is 11.6. The third kappa shape index (κ3) is 11.7. The van der Waals surface area contributed by atoms with Crippen LogP contribution >= 0.6 is 0 Å². The fraction of sp³-hybridized carbons (Fsp3) is 1.00. The van der Waals surface area contributed by atoms with Crippen LogP contribution in [0.4, 0.5) is 0 Å². The van der Waals surface area contributed by atoms with E-state index in [1.165, 1.54) is 21.1 Å². The molecule has 0 aliphatic carbocycles. The van der Waals surface area contributed by atoms with Crippen molar-refractivity contribution in [3.05, 3.63) is 0 Å². The molecule has 0 aromatic carbocycles. The zero-order chi connectivity index (χ0) is 40.5. The molecule has 0 aromatic rings. The molecule has 9 N–H and O–H groups in total. The highest BCUT2D eigenvalue weighted by atomic mass is 16.8. The topological polar surface area (TPSA) is 274 Å². The van der Waals surface area contributed by atoms with Gasteiger partial charge in [0.05, 0.1) is 77.3 Å². The van der Waals surface area contributed by atoms with Crippen LogP contribution < -0.4 is 0 Å². The summed E-state index contributed by atoms with van der Waals surface area (Å²) in [6, 6.07) is 0. The van der Waals surface area contributed by atoms with E-state index < -0.39 is 109 Å². The summed E-state index contributed by atoms with van der Waals surface area (Å²) in [6.45, 7) is 6.07. The maximum absolute atomic E-state index is 11.6. The van der Waals surface area contributed by atoms with Gasteiger partial charge in [-0.2, -0.15) is 0 Å². The lowest BCUT2D eigenvalue weighted by Crippen LogP contribution is -2.63. The molecule has 0 bridgehead atoms. The van der Waals surface area contributed by atoms with Gasteiger partial charge in [0, 0.05) is 45.3 Å². The zero-order valence-electron chi connectivity index (χ0n) is 32.5. The molecule has 3 rings (SSSR count). The van der Waals surface area contributed by atoms with Crippen molar-refractivity contribution in [2.24, 2.45) is 5.41 Å². The number of aliphatic hydroxyl groups excluding tert-OH is 9. The fourth-order valence-electron chi connectivity index (χ4n) is 6.86. The van der Waals surface area contributed by atoms with Crippen molar-refractivity contribution in [2.45, 2.75) is 151 Å². The van der Waals surface area contributed by atoms with Gasteiger partial charge in [0.1, 0.15) is 41.2 Å². The van der Waals surface area contributed by atoms with Crippen molar-refractivity contribution in [2.75, 3.05) is 67.1 Å². The first-order chi connectivity index (χ1) is 25.4. The van der Waals surface area contributed by atoms with Crippen molar-refractivity contribution >= 4 is 0 Å². The van der Waals surface area contributed by atoms with Crippen LogP contribution in [0.15, 0.2) is 0 Å². The van der Waals surface area contributed by atoms with Crippen LogP contribution in [-0.2, 0) is 47.4 Å². The normalized spacial score (nSPS) is 39.7. The van der Waals surface area contributed by atoms with Gasteiger partial charge in [-0.25, -0.2) is 0 Å². The summed E-state index contributed by atoms with van der Waals surface area (Å²) in [5, 5.41) is 92.7. The Balaban J connectivity index is 1.83. The average Bonchev–Trinajstić information content (AvgIpc) is 3.13. The van der Waals surface area contributed by atoms with Gasteiger partial charge in [-0.3, -0.25) is 0 Å². The largest absolute Gasteiger partial charge is 0.396 e. The molecule has 7 unspecified atom stereocenters. The average molecular weight is 791 g/mol. The Morgan fingerprint density at radius 2 is 1.35 bits per heavy atom. The van der Waals surface area contributed by atoms with E-state index in [1.54, 1.807) is 27.7 Å². The molecule has 19 heteroatoms. The smallest absolute Gasteiger partial charge is 0.185 e. The minimum Gasteiger partial charge on any atom is -0.396 e. The van der Waals surface area contributed by atoms with E-state index >= 15 is 0 Å². The Hall–Kier alpha value is -0.760. The number of hydrogen-bond acceptors (Lipinski definition) is 19. The van der Waals surface area contributed by atoms with Crippen molar-refractivity contribution < 1.29 is 93.3 Å². The molecule has 320 valence electrons. The van der Waals surface area contributed by atoms with Gasteiger partial charge in [-0.05, 0) is 20.8 Å². The molecule has 54 heavy (non-hydrogen) atoms. The Bertz CT molecular complexity index is 1090. The molecule has 3 fully saturated rings. The van der Waals surface area contributed by atoms with Crippen LogP contribution in [0.25, 0.3) is 0 Å². The lowest BCUT2D eigenvalue weighted by Gasteiger charge is -2.50. The van der Waals surface area contributed by atoms with Gasteiger partial charge < -0.3 is 93.3 Å². The van der Waals surface area contributed by atoms with Crippen LogP contribution in [-0.4, -0.2) is 204 Å². The Kier molecular flexibility index (Phi) is 18.3. The highest BCUT2D eigenvalue weighted by molar-refractivity contribution is 4.98. The third-order valence-electron chi connectivity index (χ3n) is 10.6. The summed E-state index contributed by atoms with van der Waals surface area (Å²) >= 11 is 0. The molecular weight excluding hydrogens is 724 g/mol. The van der Waals surface area contributed by atoms with E-state index in [0.717, 1.165) is 0 Å². The molecule has 3 saturated heterocycles. The Morgan fingerprint density at radius 3 is 1.93 bits per heavy atom. The molecule has 0 amide bonds. The molecule has 0 saturated carbocycles. The third-order valence-corrected chi connectivity index (χ3v) is 10.6. The summed E-state index contributed by atoms with van der Waals surface area (Å²) in [6.07, 6.45) is -13.9. The first-order valence-electron chi connectivity index (χ1n) is 18.4. The van der Waals surface area contributed by atoms with Crippen LogP contribution in [0.2, 0.25) is 0 Å². The lowest BCUT2D eigenvalue weighted by molar-refractivity contribution is -0.371. The van der Waals surface area contributed by atoms with Crippen molar-refractivity contribution in [3.8, 4) is 0 Å². The Morgan fingerprint density at radius 1 is 0.741 bits per heavy atom. The van der Waals surface area contributed by atoms with Gasteiger partial charge in [0.25, 0.3) is 0 Å². The second kappa shape index (κ2) is 20.8. The molecule has 3 heterocycles. The molecule has 0 spiro atoms. The van der Waals surface area contributed by atoms with Crippen molar-refractivity contribution in [1.82, 2.24) is 0 Å². The fourth-order valence-corrected chi connectivity index (χ4v) is 6.86. The molecule has 19 nitrogen and oxygen atoms in total.